The molecule has 0 aromatic heterocycles. The molecule has 2 aliphatic rings. The van der Waals surface area contributed by atoms with Gasteiger partial charge in [-0.15, -0.1) is 0 Å². The zero-order chi connectivity index (χ0) is 9.47. The van der Waals surface area contributed by atoms with Gasteiger partial charge in [0, 0.05) is 23.7 Å². The van der Waals surface area contributed by atoms with Crippen molar-refractivity contribution in [2.75, 3.05) is 19.6 Å². The number of hydrogen-bond acceptors (Lipinski definition) is 2. The van der Waals surface area contributed by atoms with Crippen molar-refractivity contribution in [3.8, 4) is 0 Å². The van der Waals surface area contributed by atoms with Crippen LogP contribution < -0.4 is 0 Å². The van der Waals surface area contributed by atoms with E-state index >= 15 is 0 Å². The number of β-amino-alcohol motifs (C(OH)–C–C–N with tert-alkyl or cyclic N) is 1. The molecule has 2 fully saturated rings. The highest BCUT2D eigenvalue weighted by Crippen LogP contribution is 2.49. The maximum absolute atomic E-state index is 9.87. The molecule has 0 radical (unpaired) electrons. The molecular formula is C9H13Cl2NO. The predicted octanol–water partition coefficient (Wildman–Crippen LogP) is 1.76. The van der Waals surface area contributed by atoms with E-state index in [1.54, 1.807) is 0 Å². The highest BCUT2D eigenvalue weighted by molar-refractivity contribution is 6.36. The second-order valence-corrected chi connectivity index (χ2v) is 4.76. The van der Waals surface area contributed by atoms with Gasteiger partial charge in [0.1, 0.15) is 0 Å². The summed E-state index contributed by atoms with van der Waals surface area (Å²) in [6.07, 6.45) is 2.05. The Morgan fingerprint density at radius 3 is 3.08 bits per heavy atom. The second-order valence-electron chi connectivity index (χ2n) is 4.06. The molecule has 2 rings (SSSR count). The Bertz CT molecular complexity index is 244. The van der Waals surface area contributed by atoms with Crippen LogP contribution in [0.3, 0.4) is 0 Å². The van der Waals surface area contributed by atoms with Gasteiger partial charge in [-0.25, -0.2) is 0 Å². The lowest BCUT2D eigenvalue weighted by molar-refractivity contribution is 0.0554. The molecule has 0 amide bonds. The minimum Gasteiger partial charge on any atom is -0.388 e. The van der Waals surface area contributed by atoms with Crippen LogP contribution in [-0.4, -0.2) is 35.2 Å². The third-order valence-electron chi connectivity index (χ3n) is 2.98. The molecule has 74 valence electrons. The molecule has 0 bridgehead atoms. The second kappa shape index (κ2) is 3.43. The summed E-state index contributed by atoms with van der Waals surface area (Å²) in [7, 11) is 0. The van der Waals surface area contributed by atoms with E-state index in [4.69, 9.17) is 23.2 Å². The van der Waals surface area contributed by atoms with Gasteiger partial charge < -0.3 is 5.11 Å². The summed E-state index contributed by atoms with van der Waals surface area (Å²) < 4.78 is 0. The summed E-state index contributed by atoms with van der Waals surface area (Å²) in [4.78, 5) is 2.16. The minimum atomic E-state index is -0.401. The molecule has 0 aromatic rings. The number of aliphatic hydroxyl groups is 1. The van der Waals surface area contributed by atoms with Gasteiger partial charge in [-0.1, -0.05) is 23.2 Å². The smallest absolute Gasteiger partial charge is 0.0807 e. The van der Waals surface area contributed by atoms with Crippen LogP contribution in [0.25, 0.3) is 0 Å². The van der Waals surface area contributed by atoms with E-state index in [0.717, 1.165) is 25.9 Å². The van der Waals surface area contributed by atoms with Gasteiger partial charge in [0.05, 0.1) is 5.60 Å². The molecule has 1 aliphatic heterocycles. The Balaban J connectivity index is 1.88. The van der Waals surface area contributed by atoms with Crippen LogP contribution in [-0.2, 0) is 0 Å². The van der Waals surface area contributed by atoms with Gasteiger partial charge in [-0.3, -0.25) is 4.90 Å². The average Bonchev–Trinajstić information content (AvgIpc) is 2.75. The minimum absolute atomic E-state index is 0.401. The number of nitrogens with zero attached hydrogens (tertiary/aromatic N) is 1. The van der Waals surface area contributed by atoms with E-state index in [0.29, 0.717) is 17.5 Å². The van der Waals surface area contributed by atoms with Crippen molar-refractivity contribution in [1.82, 2.24) is 4.90 Å². The van der Waals surface area contributed by atoms with E-state index in [1.165, 1.54) is 5.54 Å². The molecule has 13 heavy (non-hydrogen) atoms. The van der Waals surface area contributed by atoms with Gasteiger partial charge in [-0.05, 0) is 25.3 Å². The Morgan fingerprint density at radius 1 is 1.69 bits per heavy atom. The maximum atomic E-state index is 9.87. The summed E-state index contributed by atoms with van der Waals surface area (Å²) in [5.74, 6) is 0.544. The topological polar surface area (TPSA) is 23.5 Å². The fourth-order valence-electron chi connectivity index (χ4n) is 2.12. The van der Waals surface area contributed by atoms with Crippen molar-refractivity contribution in [3.05, 3.63) is 10.6 Å². The Hall–Kier alpha value is 0.240. The molecular weight excluding hydrogens is 209 g/mol. The normalized spacial score (nSPS) is 40.2. The van der Waals surface area contributed by atoms with E-state index in [9.17, 15) is 5.11 Å². The summed E-state index contributed by atoms with van der Waals surface area (Å²) in [6, 6.07) is 0. The number of fused-ring (bicyclic) bond motifs is 1. The lowest BCUT2D eigenvalue weighted by Gasteiger charge is -2.29. The molecule has 1 saturated carbocycles. The molecule has 1 saturated heterocycles. The first kappa shape index (κ1) is 9.78. The quantitative estimate of drug-likeness (QED) is 0.769. The van der Waals surface area contributed by atoms with Crippen molar-refractivity contribution in [2.24, 2.45) is 5.92 Å². The molecule has 1 heterocycles. The number of hydrogen-bond donors (Lipinski definition) is 1. The summed E-state index contributed by atoms with van der Waals surface area (Å²) >= 11 is 11.3. The molecule has 1 aliphatic carbocycles. The Labute approximate surface area is 88.1 Å². The number of rotatable bonds is 2. The Morgan fingerprint density at radius 2 is 2.46 bits per heavy atom. The number of likely N-dealkylation sites (tertiary alicyclic amines) is 1. The summed E-state index contributed by atoms with van der Waals surface area (Å²) in [5.41, 5.74) is 0.992. The highest BCUT2D eigenvalue weighted by Gasteiger charge is 2.55. The predicted molar refractivity (Wildman–Crippen MR) is 53.9 cm³/mol. The van der Waals surface area contributed by atoms with E-state index in [1.807, 2.05) is 0 Å². The van der Waals surface area contributed by atoms with Crippen LogP contribution in [0.5, 0.6) is 0 Å². The maximum Gasteiger partial charge on any atom is 0.0807 e. The first-order chi connectivity index (χ1) is 6.14. The fraction of sp³-hybridized carbons (Fsp3) is 0.778. The van der Waals surface area contributed by atoms with Crippen molar-refractivity contribution < 1.29 is 5.11 Å². The molecule has 2 nitrogen and oxygen atoms in total. The monoisotopic (exact) mass is 221 g/mol. The van der Waals surface area contributed by atoms with Crippen LogP contribution in [0.2, 0.25) is 0 Å². The molecule has 4 heteroatoms. The Kier molecular flexibility index (Phi) is 2.58. The highest BCUT2D eigenvalue weighted by atomic mass is 35.5. The van der Waals surface area contributed by atoms with Gasteiger partial charge in [-0.2, -0.15) is 0 Å². The first-order valence-corrected chi connectivity index (χ1v) is 5.35. The summed E-state index contributed by atoms with van der Waals surface area (Å²) in [5, 5.41) is 10.5. The standard InChI is InChI=1S/C9H13Cl2NO/c10-4-8(11)5-12-2-1-7-3-9(7,13)6-12/h4,7,13H,1-3,5-6H2/b8-4-/t7-,9+/m1/s1. The lowest BCUT2D eigenvalue weighted by atomic mass is 10.1. The molecule has 2 atom stereocenters. The van der Waals surface area contributed by atoms with Crippen LogP contribution in [0.1, 0.15) is 12.8 Å². The van der Waals surface area contributed by atoms with Crippen LogP contribution in [0.15, 0.2) is 10.6 Å². The van der Waals surface area contributed by atoms with Crippen LogP contribution in [0, 0.1) is 5.92 Å². The van der Waals surface area contributed by atoms with E-state index < -0.39 is 5.60 Å². The molecule has 0 unspecified atom stereocenters. The van der Waals surface area contributed by atoms with Gasteiger partial charge >= 0.3 is 0 Å². The average molecular weight is 222 g/mol. The lowest BCUT2D eigenvalue weighted by Crippen LogP contribution is -2.40. The molecule has 1 N–H and O–H groups in total. The van der Waals surface area contributed by atoms with Crippen molar-refractivity contribution in [3.63, 3.8) is 0 Å². The van der Waals surface area contributed by atoms with Gasteiger partial charge in [0.25, 0.3) is 0 Å². The largest absolute Gasteiger partial charge is 0.388 e. The van der Waals surface area contributed by atoms with Crippen molar-refractivity contribution in [2.45, 2.75) is 18.4 Å². The van der Waals surface area contributed by atoms with Crippen LogP contribution >= 0.6 is 23.2 Å². The fourth-order valence-corrected chi connectivity index (χ4v) is 2.36. The van der Waals surface area contributed by atoms with E-state index in [-0.39, 0.29) is 0 Å². The molecule has 0 spiro atoms. The zero-order valence-electron chi connectivity index (χ0n) is 7.34. The SMILES string of the molecule is O[C@]12C[C@H]1CCN(C/C(Cl)=C/Cl)C2. The number of piperidine rings is 1. The third kappa shape index (κ3) is 2.01. The van der Waals surface area contributed by atoms with Gasteiger partial charge in [0.2, 0.25) is 0 Å². The van der Waals surface area contributed by atoms with E-state index in [2.05, 4.69) is 4.90 Å². The zero-order valence-corrected chi connectivity index (χ0v) is 8.85. The van der Waals surface area contributed by atoms with Crippen molar-refractivity contribution >= 4 is 23.2 Å². The third-order valence-corrected chi connectivity index (χ3v) is 3.59. The van der Waals surface area contributed by atoms with Crippen LogP contribution in [0.4, 0.5) is 0 Å². The molecule has 0 aromatic carbocycles. The van der Waals surface area contributed by atoms with Gasteiger partial charge in [0.15, 0.2) is 0 Å². The number of halogens is 2. The van der Waals surface area contributed by atoms with Crippen molar-refractivity contribution in [1.29, 1.82) is 0 Å². The summed E-state index contributed by atoms with van der Waals surface area (Å²) in [6.45, 7) is 2.44. The first-order valence-electron chi connectivity index (χ1n) is 4.53.